The van der Waals surface area contributed by atoms with Gasteiger partial charge in [0.05, 0.1) is 6.61 Å². The first-order valence-electron chi connectivity index (χ1n) is 7.92. The van der Waals surface area contributed by atoms with Crippen LogP contribution in [0.3, 0.4) is 0 Å². The Kier molecular flexibility index (Phi) is 8.23. The minimum atomic E-state index is -8.76. The lowest BCUT2D eigenvalue weighted by Gasteiger charge is -2.42. The van der Waals surface area contributed by atoms with Gasteiger partial charge in [0, 0.05) is 6.08 Å². The normalized spacial score (nSPS) is 16.0. The molecular weight excluding hydrogens is 539 g/mol. The molecule has 0 amide bonds. The molecule has 0 unspecified atom stereocenters. The van der Waals surface area contributed by atoms with Crippen molar-refractivity contribution in [3.05, 3.63) is 11.8 Å². The highest BCUT2D eigenvalue weighted by atomic mass is 19.4. The highest BCUT2D eigenvalue weighted by molar-refractivity contribution is 5.85. The third kappa shape index (κ3) is 4.55. The maximum atomic E-state index is 13.5. The molecule has 0 aliphatic rings. The SMILES string of the molecule is CCCOC(=O)C(O)=CC(F)(F)C(F)(F)C(F)(F)C(F)(F)C(F)(F)C(F)(F)C(F)(F)C(F)(F)F. The van der Waals surface area contributed by atoms with E-state index in [1.54, 1.807) is 0 Å². The Hall–Kier alpha value is -2.18. The number of aliphatic hydroxyl groups is 1. The Morgan fingerprint density at radius 2 is 0.971 bits per heavy atom. The number of carbonyl (C=O) groups excluding carboxylic acids is 1. The van der Waals surface area contributed by atoms with Crippen LogP contribution in [0.2, 0.25) is 0 Å². The molecule has 0 aromatic carbocycles. The minimum Gasteiger partial charge on any atom is -0.502 e. The Balaban J connectivity index is 6.69. The van der Waals surface area contributed by atoms with Crippen LogP contribution in [0.15, 0.2) is 11.8 Å². The molecule has 0 fully saturated rings. The molecule has 0 aliphatic carbocycles. The van der Waals surface area contributed by atoms with Gasteiger partial charge in [-0.1, -0.05) is 6.92 Å². The van der Waals surface area contributed by atoms with Crippen LogP contribution in [0.4, 0.5) is 74.6 Å². The second-order valence-electron chi connectivity index (χ2n) is 6.23. The molecule has 34 heavy (non-hydrogen) atoms. The first-order valence-corrected chi connectivity index (χ1v) is 7.92. The van der Waals surface area contributed by atoms with E-state index in [1.165, 1.54) is 6.92 Å². The number of rotatable bonds is 10. The van der Waals surface area contributed by atoms with E-state index in [1.807, 2.05) is 0 Å². The summed E-state index contributed by atoms with van der Waals surface area (Å²) in [5.41, 5.74) is 0. The zero-order valence-electron chi connectivity index (χ0n) is 15.7. The predicted octanol–water partition coefficient (Wildman–Crippen LogP) is 6.39. The maximum absolute atomic E-state index is 13.5. The highest BCUT2D eigenvalue weighted by Crippen LogP contribution is 2.64. The summed E-state index contributed by atoms with van der Waals surface area (Å²) in [5, 5.41) is 8.85. The summed E-state index contributed by atoms with van der Waals surface area (Å²) < 4.78 is 225. The maximum Gasteiger partial charge on any atom is 0.460 e. The van der Waals surface area contributed by atoms with E-state index in [2.05, 4.69) is 4.74 Å². The molecule has 3 nitrogen and oxygen atoms in total. The van der Waals surface area contributed by atoms with E-state index in [0.29, 0.717) is 0 Å². The largest absolute Gasteiger partial charge is 0.502 e. The van der Waals surface area contributed by atoms with E-state index in [9.17, 15) is 79.4 Å². The van der Waals surface area contributed by atoms with Gasteiger partial charge < -0.3 is 9.84 Å². The van der Waals surface area contributed by atoms with Crippen LogP contribution in [0, 0.1) is 0 Å². The number of alkyl halides is 17. The number of hydrogen-bond donors (Lipinski definition) is 1. The van der Waals surface area contributed by atoms with Crippen LogP contribution >= 0.6 is 0 Å². The lowest BCUT2D eigenvalue weighted by atomic mass is 9.89. The fourth-order valence-electron chi connectivity index (χ4n) is 1.77. The third-order valence-electron chi connectivity index (χ3n) is 3.71. The van der Waals surface area contributed by atoms with Gasteiger partial charge in [0.25, 0.3) is 0 Å². The van der Waals surface area contributed by atoms with Crippen molar-refractivity contribution in [3.8, 4) is 0 Å². The standard InChI is InChI=1S/C14H9F17O3/c1-2-3-34-6(33)5(32)4-7(15,16)8(17,18)9(19,20)10(21,22)11(23,24)12(25,26)13(27,28)14(29,30)31/h4,32H,2-3H2,1H3. The summed E-state index contributed by atoms with van der Waals surface area (Å²) in [6.07, 6.45) is -9.91. The van der Waals surface area contributed by atoms with Crippen molar-refractivity contribution in [1.29, 1.82) is 0 Å². The van der Waals surface area contributed by atoms with Gasteiger partial charge in [0.15, 0.2) is 0 Å². The number of hydrogen-bond acceptors (Lipinski definition) is 3. The fraction of sp³-hybridized carbons (Fsp3) is 0.786. The van der Waals surface area contributed by atoms with E-state index in [0.717, 1.165) is 0 Å². The summed E-state index contributed by atoms with van der Waals surface area (Å²) in [5.74, 6) is -63.0. The molecule has 0 aromatic heterocycles. The topological polar surface area (TPSA) is 46.5 Å². The molecule has 0 bridgehead atoms. The first kappa shape index (κ1) is 31.8. The molecule has 0 spiro atoms. The van der Waals surface area contributed by atoms with Crippen LogP contribution in [-0.2, 0) is 9.53 Å². The van der Waals surface area contributed by atoms with Crippen molar-refractivity contribution in [2.45, 2.75) is 61.0 Å². The third-order valence-corrected chi connectivity index (χ3v) is 3.71. The van der Waals surface area contributed by atoms with Crippen molar-refractivity contribution in [2.24, 2.45) is 0 Å². The monoisotopic (exact) mass is 548 g/mol. The van der Waals surface area contributed by atoms with Gasteiger partial charge in [-0.05, 0) is 6.42 Å². The van der Waals surface area contributed by atoms with Crippen molar-refractivity contribution < 1.29 is 89.3 Å². The van der Waals surface area contributed by atoms with Crippen molar-refractivity contribution >= 4 is 5.97 Å². The van der Waals surface area contributed by atoms with Crippen molar-refractivity contribution in [3.63, 3.8) is 0 Å². The summed E-state index contributed by atoms with van der Waals surface area (Å²) in [4.78, 5) is 11.0. The second kappa shape index (κ2) is 8.80. The van der Waals surface area contributed by atoms with Gasteiger partial charge in [0.2, 0.25) is 5.76 Å². The van der Waals surface area contributed by atoms with Gasteiger partial charge >= 0.3 is 53.6 Å². The zero-order valence-corrected chi connectivity index (χ0v) is 15.7. The lowest BCUT2D eigenvalue weighted by Crippen LogP contribution is -2.74. The van der Waals surface area contributed by atoms with Crippen LogP contribution in [0.5, 0.6) is 0 Å². The average molecular weight is 548 g/mol. The van der Waals surface area contributed by atoms with Gasteiger partial charge in [-0.3, -0.25) is 0 Å². The van der Waals surface area contributed by atoms with Crippen LogP contribution in [-0.4, -0.2) is 65.3 Å². The molecule has 0 saturated carbocycles. The van der Waals surface area contributed by atoms with Gasteiger partial charge in [-0.25, -0.2) is 4.79 Å². The van der Waals surface area contributed by atoms with E-state index in [4.69, 9.17) is 5.11 Å². The molecule has 202 valence electrons. The molecule has 0 radical (unpaired) electrons. The lowest BCUT2D eigenvalue weighted by molar-refractivity contribution is -0.459. The molecule has 0 heterocycles. The first-order chi connectivity index (χ1) is 14.6. The number of aliphatic hydroxyl groups excluding tert-OH is 1. The smallest absolute Gasteiger partial charge is 0.460 e. The molecule has 0 aromatic rings. The van der Waals surface area contributed by atoms with E-state index in [-0.39, 0.29) is 6.42 Å². The van der Waals surface area contributed by atoms with Crippen LogP contribution in [0.1, 0.15) is 13.3 Å². The molecule has 0 aliphatic heterocycles. The Labute approximate surface area is 176 Å². The Bertz CT molecular complexity index is 781. The summed E-state index contributed by atoms with van der Waals surface area (Å²) in [7, 11) is 0. The predicted molar refractivity (Wildman–Crippen MR) is 72.6 cm³/mol. The van der Waals surface area contributed by atoms with Gasteiger partial charge in [0.1, 0.15) is 0 Å². The average Bonchev–Trinajstić information content (AvgIpc) is 2.63. The van der Waals surface area contributed by atoms with Gasteiger partial charge in [-0.2, -0.15) is 74.6 Å². The fourth-order valence-corrected chi connectivity index (χ4v) is 1.77. The Morgan fingerprint density at radius 1 is 0.647 bits per heavy atom. The molecule has 0 atom stereocenters. The number of esters is 1. The summed E-state index contributed by atoms with van der Waals surface area (Å²) >= 11 is 0. The molecule has 1 N–H and O–H groups in total. The number of carbonyl (C=O) groups is 1. The Morgan fingerprint density at radius 3 is 1.29 bits per heavy atom. The van der Waals surface area contributed by atoms with Crippen LogP contribution in [0.25, 0.3) is 0 Å². The summed E-state index contributed by atoms with van der Waals surface area (Å²) in [6.45, 7) is 0.499. The zero-order chi connectivity index (χ0) is 28.0. The molecule has 20 heteroatoms. The van der Waals surface area contributed by atoms with E-state index < -0.39 is 72.0 Å². The highest BCUT2D eigenvalue weighted by Gasteiger charge is 2.95. The molecular formula is C14H9F17O3. The van der Waals surface area contributed by atoms with Crippen molar-refractivity contribution in [1.82, 2.24) is 0 Å². The minimum absolute atomic E-state index is 0.123. The number of halogens is 17. The quantitative estimate of drug-likeness (QED) is 0.149. The van der Waals surface area contributed by atoms with E-state index >= 15 is 0 Å². The number of allylic oxidation sites excluding steroid dienone is 1. The summed E-state index contributed by atoms with van der Waals surface area (Å²) in [6, 6.07) is 0. The molecule has 0 rings (SSSR count). The van der Waals surface area contributed by atoms with Crippen LogP contribution < -0.4 is 0 Å². The van der Waals surface area contributed by atoms with Gasteiger partial charge in [-0.15, -0.1) is 0 Å². The number of ether oxygens (including phenoxy) is 1. The molecule has 0 saturated heterocycles. The second-order valence-corrected chi connectivity index (χ2v) is 6.23. The van der Waals surface area contributed by atoms with Crippen molar-refractivity contribution in [2.75, 3.05) is 6.61 Å².